The fourth-order valence-electron chi connectivity index (χ4n) is 3.64. The Labute approximate surface area is 195 Å². The van der Waals surface area contributed by atoms with Gasteiger partial charge in [0.15, 0.2) is 5.17 Å². The van der Waals surface area contributed by atoms with Crippen molar-refractivity contribution in [2.24, 2.45) is 4.99 Å². The van der Waals surface area contributed by atoms with E-state index in [1.54, 1.807) is 30.3 Å². The highest BCUT2D eigenvalue weighted by atomic mass is 32.2. The summed E-state index contributed by atoms with van der Waals surface area (Å²) < 4.78 is 28.5. The summed E-state index contributed by atoms with van der Waals surface area (Å²) in [6, 6.07) is 30.1. The Morgan fingerprint density at radius 2 is 1.48 bits per heavy atom. The van der Waals surface area contributed by atoms with Gasteiger partial charge in [-0.05, 0) is 52.0 Å². The van der Waals surface area contributed by atoms with Crippen molar-refractivity contribution in [1.29, 1.82) is 0 Å². The molecule has 162 valence electrons. The zero-order chi connectivity index (χ0) is 22.8. The van der Waals surface area contributed by atoms with Crippen LogP contribution in [0.15, 0.2) is 112 Å². The maximum Gasteiger partial charge on any atom is 0.286 e. The number of carbonyl (C=O) groups excluding carboxylic acids is 1. The summed E-state index contributed by atoms with van der Waals surface area (Å²) >= 11 is 1.01. The third-order valence-corrected chi connectivity index (χ3v) is 7.60. The molecular formula is C26H18N2O3S2. The summed E-state index contributed by atoms with van der Waals surface area (Å²) in [5.74, 6) is -0.472. The van der Waals surface area contributed by atoms with Crippen molar-refractivity contribution in [2.75, 3.05) is 0 Å². The third-order valence-electron chi connectivity index (χ3n) is 5.17. The van der Waals surface area contributed by atoms with Gasteiger partial charge in [-0.15, -0.1) is 0 Å². The van der Waals surface area contributed by atoms with Crippen LogP contribution in [0.2, 0.25) is 0 Å². The van der Waals surface area contributed by atoms with E-state index in [1.807, 2.05) is 72.8 Å². The normalized spacial score (nSPS) is 15.1. The van der Waals surface area contributed by atoms with Crippen molar-refractivity contribution >= 4 is 49.7 Å². The van der Waals surface area contributed by atoms with Gasteiger partial charge in [-0.1, -0.05) is 84.9 Å². The number of aliphatic imine (C=N–C) groups is 1. The van der Waals surface area contributed by atoms with E-state index in [2.05, 4.69) is 9.71 Å². The zero-order valence-corrected chi connectivity index (χ0v) is 18.9. The van der Waals surface area contributed by atoms with Gasteiger partial charge in [0.1, 0.15) is 0 Å². The molecule has 4 aromatic rings. The molecule has 0 saturated carbocycles. The number of thioether (sulfide) groups is 1. The van der Waals surface area contributed by atoms with Gasteiger partial charge in [0.05, 0.1) is 9.80 Å². The Kier molecular flexibility index (Phi) is 5.58. The Bertz CT molecular complexity index is 1540. The Morgan fingerprint density at radius 1 is 0.788 bits per heavy atom. The molecule has 4 aromatic carbocycles. The Hall–Kier alpha value is -3.68. The van der Waals surface area contributed by atoms with Gasteiger partial charge in [0.2, 0.25) is 0 Å². The number of benzene rings is 4. The number of amidine groups is 1. The second kappa shape index (κ2) is 8.69. The lowest BCUT2D eigenvalue weighted by Gasteiger charge is -2.09. The summed E-state index contributed by atoms with van der Waals surface area (Å²) in [7, 11) is -3.91. The second-order valence-electron chi connectivity index (χ2n) is 7.41. The monoisotopic (exact) mass is 470 g/mol. The standard InChI is InChI=1S/C26H18N2O3S2/c29-25-23(17-18-8-6-13-21(16-18)19-9-2-1-3-10-19)32-26(27-25)28-33(30,31)24-15-7-12-20-11-4-5-14-22(20)24/h1-17H,(H,27,28,29). The molecule has 0 saturated heterocycles. The van der Waals surface area contributed by atoms with Gasteiger partial charge in [-0.2, -0.15) is 4.99 Å². The van der Waals surface area contributed by atoms with Crippen molar-refractivity contribution in [3.8, 4) is 11.1 Å². The first-order valence-electron chi connectivity index (χ1n) is 10.2. The van der Waals surface area contributed by atoms with Crippen LogP contribution >= 0.6 is 11.8 Å². The van der Waals surface area contributed by atoms with Crippen molar-refractivity contribution in [2.45, 2.75) is 4.90 Å². The van der Waals surface area contributed by atoms with Crippen LogP contribution in [0.3, 0.4) is 0 Å². The van der Waals surface area contributed by atoms with Crippen molar-refractivity contribution in [1.82, 2.24) is 4.72 Å². The van der Waals surface area contributed by atoms with Gasteiger partial charge in [0, 0.05) is 5.39 Å². The molecule has 0 bridgehead atoms. The molecule has 5 rings (SSSR count). The van der Waals surface area contributed by atoms with E-state index < -0.39 is 15.9 Å². The fourth-order valence-corrected chi connectivity index (χ4v) is 5.92. The minimum Gasteiger partial charge on any atom is -0.266 e. The predicted octanol–water partition coefficient (Wildman–Crippen LogP) is 5.46. The lowest BCUT2D eigenvalue weighted by atomic mass is 10.0. The molecule has 0 unspecified atom stereocenters. The molecule has 0 radical (unpaired) electrons. The number of rotatable bonds is 4. The topological polar surface area (TPSA) is 75.6 Å². The molecule has 0 spiro atoms. The molecule has 1 aliphatic heterocycles. The van der Waals surface area contributed by atoms with Gasteiger partial charge < -0.3 is 0 Å². The predicted molar refractivity (Wildman–Crippen MR) is 134 cm³/mol. The van der Waals surface area contributed by atoms with E-state index in [-0.39, 0.29) is 10.1 Å². The average Bonchev–Trinajstić information content (AvgIpc) is 3.17. The second-order valence-corrected chi connectivity index (χ2v) is 10.1. The molecule has 1 amide bonds. The zero-order valence-electron chi connectivity index (χ0n) is 17.3. The molecule has 33 heavy (non-hydrogen) atoms. The molecule has 1 heterocycles. The smallest absolute Gasteiger partial charge is 0.266 e. The van der Waals surface area contributed by atoms with E-state index in [0.717, 1.165) is 33.8 Å². The van der Waals surface area contributed by atoms with E-state index >= 15 is 0 Å². The number of carbonyl (C=O) groups is 1. The Balaban J connectivity index is 1.39. The summed E-state index contributed by atoms with van der Waals surface area (Å²) in [5.41, 5.74) is 2.93. The van der Waals surface area contributed by atoms with Crippen molar-refractivity contribution < 1.29 is 13.2 Å². The minimum absolute atomic E-state index is 0.0402. The molecule has 0 atom stereocenters. The van der Waals surface area contributed by atoms with E-state index in [0.29, 0.717) is 10.3 Å². The first-order valence-corrected chi connectivity index (χ1v) is 12.5. The lowest BCUT2D eigenvalue weighted by molar-refractivity contribution is -0.113. The van der Waals surface area contributed by atoms with E-state index in [4.69, 9.17) is 0 Å². The number of fused-ring (bicyclic) bond motifs is 1. The number of nitrogens with zero attached hydrogens (tertiary/aromatic N) is 1. The number of hydrogen-bond acceptors (Lipinski definition) is 4. The first-order chi connectivity index (χ1) is 16.0. The molecule has 0 aliphatic carbocycles. The number of sulfonamides is 1. The average molecular weight is 471 g/mol. The Morgan fingerprint density at radius 3 is 2.33 bits per heavy atom. The molecule has 7 heteroatoms. The van der Waals surface area contributed by atoms with Crippen LogP contribution in [-0.2, 0) is 14.8 Å². The van der Waals surface area contributed by atoms with Gasteiger partial charge in [-0.3, -0.25) is 9.52 Å². The molecular weight excluding hydrogens is 452 g/mol. The summed E-state index contributed by atoms with van der Waals surface area (Å²) in [4.78, 5) is 16.9. The highest BCUT2D eigenvalue weighted by Crippen LogP contribution is 2.30. The first kappa shape index (κ1) is 21.2. The van der Waals surface area contributed by atoms with E-state index in [1.165, 1.54) is 0 Å². The van der Waals surface area contributed by atoms with Crippen LogP contribution in [0.1, 0.15) is 5.56 Å². The van der Waals surface area contributed by atoms with Crippen LogP contribution in [0, 0.1) is 0 Å². The van der Waals surface area contributed by atoms with Gasteiger partial charge in [-0.25, -0.2) is 8.42 Å². The van der Waals surface area contributed by atoms with Gasteiger partial charge in [0.25, 0.3) is 15.9 Å². The van der Waals surface area contributed by atoms with Crippen LogP contribution < -0.4 is 4.72 Å². The van der Waals surface area contributed by atoms with Crippen LogP contribution in [0.25, 0.3) is 28.0 Å². The molecule has 0 fully saturated rings. The van der Waals surface area contributed by atoms with Crippen molar-refractivity contribution in [3.63, 3.8) is 0 Å². The SMILES string of the molecule is O=C1N=C(NS(=O)(=O)c2cccc3ccccc23)SC1=Cc1cccc(-c2ccccc2)c1. The largest absolute Gasteiger partial charge is 0.286 e. The molecule has 0 aromatic heterocycles. The van der Waals surface area contributed by atoms with Crippen LogP contribution in [-0.4, -0.2) is 19.5 Å². The third kappa shape index (κ3) is 4.46. The molecule has 5 nitrogen and oxygen atoms in total. The highest BCUT2D eigenvalue weighted by molar-refractivity contribution is 8.19. The summed E-state index contributed by atoms with van der Waals surface area (Å²) in [6.07, 6.45) is 1.72. The molecule has 1 N–H and O–H groups in total. The maximum atomic E-state index is 13.0. The quantitative estimate of drug-likeness (QED) is 0.402. The number of amides is 1. The summed E-state index contributed by atoms with van der Waals surface area (Å²) in [5, 5.41) is 1.46. The van der Waals surface area contributed by atoms with Crippen LogP contribution in [0.5, 0.6) is 0 Å². The van der Waals surface area contributed by atoms with Gasteiger partial charge >= 0.3 is 0 Å². The number of nitrogens with one attached hydrogen (secondary N) is 1. The maximum absolute atomic E-state index is 13.0. The van der Waals surface area contributed by atoms with Crippen LogP contribution in [0.4, 0.5) is 0 Å². The number of hydrogen-bond donors (Lipinski definition) is 1. The lowest BCUT2D eigenvalue weighted by Crippen LogP contribution is -2.27. The highest BCUT2D eigenvalue weighted by Gasteiger charge is 2.27. The summed E-state index contributed by atoms with van der Waals surface area (Å²) in [6.45, 7) is 0. The van der Waals surface area contributed by atoms with Crippen molar-refractivity contribution in [3.05, 3.63) is 108 Å². The van der Waals surface area contributed by atoms with E-state index in [9.17, 15) is 13.2 Å². The molecule has 1 aliphatic rings. The fraction of sp³-hybridized carbons (Fsp3) is 0. The minimum atomic E-state index is -3.91.